The smallest absolute Gasteiger partial charge is 0.246 e. The number of amides is 2. The molecule has 4 rings (SSSR count). The third-order valence-electron chi connectivity index (χ3n) is 6.48. The number of piperidine rings is 3. The van der Waals surface area contributed by atoms with E-state index >= 15 is 0 Å². The van der Waals surface area contributed by atoms with Crippen molar-refractivity contribution in [1.82, 2.24) is 15.1 Å². The fourth-order valence-electron chi connectivity index (χ4n) is 5.35. The Bertz CT molecular complexity index is 677. The van der Waals surface area contributed by atoms with Crippen LogP contribution in [-0.2, 0) is 20.9 Å². The molecule has 4 atom stereocenters. The molecule has 0 aromatic carbocycles. The number of furan rings is 1. The highest BCUT2D eigenvalue weighted by Crippen LogP contribution is 2.41. The zero-order valence-corrected chi connectivity index (χ0v) is 16.6. The van der Waals surface area contributed by atoms with E-state index in [0.29, 0.717) is 37.5 Å². The summed E-state index contributed by atoms with van der Waals surface area (Å²) in [4.78, 5) is 29.5. The van der Waals surface area contributed by atoms with E-state index in [1.54, 1.807) is 6.26 Å². The van der Waals surface area contributed by atoms with E-state index in [-0.39, 0.29) is 24.5 Å². The summed E-state index contributed by atoms with van der Waals surface area (Å²) in [5.41, 5.74) is 0. The number of nitrogens with one attached hydrogen (secondary N) is 1. The number of rotatable bonds is 7. The zero-order chi connectivity index (χ0) is 19.5. The molecular weight excluding hydrogens is 358 g/mol. The minimum Gasteiger partial charge on any atom is -0.468 e. The molecule has 7 heteroatoms. The fourth-order valence-corrected chi connectivity index (χ4v) is 5.35. The van der Waals surface area contributed by atoms with Gasteiger partial charge in [0, 0.05) is 38.7 Å². The molecule has 154 valence electrons. The van der Waals surface area contributed by atoms with Crippen molar-refractivity contribution in [2.75, 3.05) is 32.8 Å². The van der Waals surface area contributed by atoms with Gasteiger partial charge in [-0.2, -0.15) is 0 Å². The highest BCUT2D eigenvalue weighted by Gasteiger charge is 2.49. The van der Waals surface area contributed by atoms with E-state index in [1.165, 1.54) is 0 Å². The second kappa shape index (κ2) is 8.66. The quantitative estimate of drug-likeness (QED) is 0.767. The summed E-state index contributed by atoms with van der Waals surface area (Å²) in [5, 5.41) is 3.01. The molecule has 3 aliphatic heterocycles. The molecule has 7 nitrogen and oxygen atoms in total. The number of carbonyl (C=O) groups is 2. The predicted molar refractivity (Wildman–Crippen MR) is 103 cm³/mol. The Kier molecular flexibility index (Phi) is 6.01. The monoisotopic (exact) mass is 389 g/mol. The molecule has 3 fully saturated rings. The molecule has 0 radical (unpaired) electrons. The summed E-state index contributed by atoms with van der Waals surface area (Å²) in [5.74, 6) is 2.02. The topological polar surface area (TPSA) is 75.0 Å². The van der Waals surface area contributed by atoms with Crippen LogP contribution in [0.25, 0.3) is 0 Å². The van der Waals surface area contributed by atoms with Crippen molar-refractivity contribution in [2.24, 2.45) is 11.8 Å². The van der Waals surface area contributed by atoms with Gasteiger partial charge in [-0.25, -0.2) is 0 Å². The summed E-state index contributed by atoms with van der Waals surface area (Å²) in [6.07, 6.45) is 5.53. The summed E-state index contributed by atoms with van der Waals surface area (Å²) >= 11 is 0. The SMILES string of the molecule is CCOCC(=O)NC[C@H]1[C@H]2C[C@H](CN(Cc3ccco3)C2)[C@@H]2CCCC(=O)N21. The summed E-state index contributed by atoms with van der Waals surface area (Å²) in [7, 11) is 0. The molecule has 3 saturated heterocycles. The maximum Gasteiger partial charge on any atom is 0.246 e. The van der Waals surface area contributed by atoms with E-state index in [9.17, 15) is 9.59 Å². The lowest BCUT2D eigenvalue weighted by Crippen LogP contribution is -2.67. The van der Waals surface area contributed by atoms with Crippen LogP contribution in [0, 0.1) is 11.8 Å². The van der Waals surface area contributed by atoms with Crippen LogP contribution in [0.3, 0.4) is 0 Å². The first-order valence-corrected chi connectivity index (χ1v) is 10.6. The number of hydrogen-bond donors (Lipinski definition) is 1. The number of hydrogen-bond acceptors (Lipinski definition) is 5. The van der Waals surface area contributed by atoms with Gasteiger partial charge in [0.05, 0.1) is 18.8 Å². The van der Waals surface area contributed by atoms with Crippen LogP contribution in [0.5, 0.6) is 0 Å². The Hall–Kier alpha value is -1.86. The molecule has 4 heterocycles. The number of ether oxygens (including phenoxy) is 1. The third-order valence-corrected chi connectivity index (χ3v) is 6.48. The van der Waals surface area contributed by atoms with Crippen LogP contribution in [-0.4, -0.2) is 66.5 Å². The average Bonchev–Trinajstić information content (AvgIpc) is 3.19. The minimum atomic E-state index is -0.103. The molecule has 0 saturated carbocycles. The van der Waals surface area contributed by atoms with E-state index in [4.69, 9.17) is 9.15 Å². The average molecular weight is 389 g/mol. The van der Waals surface area contributed by atoms with Gasteiger partial charge in [0.15, 0.2) is 0 Å². The molecule has 2 amide bonds. The van der Waals surface area contributed by atoms with Crippen LogP contribution in [0.2, 0.25) is 0 Å². The molecule has 28 heavy (non-hydrogen) atoms. The van der Waals surface area contributed by atoms with Crippen LogP contribution >= 0.6 is 0 Å². The van der Waals surface area contributed by atoms with E-state index in [1.807, 2.05) is 19.1 Å². The van der Waals surface area contributed by atoms with Gasteiger partial charge in [0.1, 0.15) is 12.4 Å². The second-order valence-electron chi connectivity index (χ2n) is 8.30. The third kappa shape index (κ3) is 4.10. The maximum atomic E-state index is 12.8. The molecule has 2 bridgehead atoms. The van der Waals surface area contributed by atoms with Gasteiger partial charge in [-0.05, 0) is 50.2 Å². The molecule has 1 aromatic heterocycles. The van der Waals surface area contributed by atoms with Crippen LogP contribution < -0.4 is 5.32 Å². The number of likely N-dealkylation sites (tertiary alicyclic amines) is 1. The first-order valence-electron chi connectivity index (χ1n) is 10.6. The number of nitrogens with zero attached hydrogens (tertiary/aromatic N) is 2. The normalized spacial score (nSPS) is 30.2. The molecule has 0 unspecified atom stereocenters. The molecule has 0 aliphatic carbocycles. The largest absolute Gasteiger partial charge is 0.468 e. The van der Waals surface area contributed by atoms with Crippen molar-refractivity contribution in [3.63, 3.8) is 0 Å². The first kappa shape index (κ1) is 19.5. The van der Waals surface area contributed by atoms with Crippen molar-refractivity contribution < 1.29 is 18.7 Å². The maximum absolute atomic E-state index is 12.8. The Morgan fingerprint density at radius 2 is 2.21 bits per heavy atom. The van der Waals surface area contributed by atoms with Crippen LogP contribution in [0.4, 0.5) is 0 Å². The Morgan fingerprint density at radius 3 is 3.00 bits per heavy atom. The lowest BCUT2D eigenvalue weighted by atomic mass is 9.72. The first-order chi connectivity index (χ1) is 13.7. The van der Waals surface area contributed by atoms with Gasteiger partial charge < -0.3 is 19.4 Å². The van der Waals surface area contributed by atoms with Gasteiger partial charge in [-0.1, -0.05) is 0 Å². The molecule has 1 N–H and O–H groups in total. The second-order valence-corrected chi connectivity index (χ2v) is 8.30. The van der Waals surface area contributed by atoms with Gasteiger partial charge in [-0.15, -0.1) is 0 Å². The van der Waals surface area contributed by atoms with E-state index in [0.717, 1.165) is 44.7 Å². The summed E-state index contributed by atoms with van der Waals surface area (Å²) < 4.78 is 10.8. The van der Waals surface area contributed by atoms with Gasteiger partial charge in [-0.3, -0.25) is 14.5 Å². The zero-order valence-electron chi connectivity index (χ0n) is 16.6. The highest BCUT2D eigenvalue weighted by atomic mass is 16.5. The van der Waals surface area contributed by atoms with Crippen molar-refractivity contribution >= 4 is 11.8 Å². The van der Waals surface area contributed by atoms with Crippen molar-refractivity contribution in [3.05, 3.63) is 24.2 Å². The lowest BCUT2D eigenvalue weighted by molar-refractivity contribution is -0.153. The van der Waals surface area contributed by atoms with Crippen molar-refractivity contribution in [2.45, 2.75) is 51.2 Å². The Morgan fingerprint density at radius 1 is 1.36 bits per heavy atom. The summed E-state index contributed by atoms with van der Waals surface area (Å²) in [6, 6.07) is 4.31. The lowest BCUT2D eigenvalue weighted by Gasteiger charge is -2.56. The van der Waals surface area contributed by atoms with Gasteiger partial charge >= 0.3 is 0 Å². The standard InChI is InChI=1S/C21H31N3O4/c1-2-27-14-20(25)22-10-19-16-9-15(18-6-3-7-21(26)24(18)19)11-23(12-16)13-17-5-4-8-28-17/h4-5,8,15-16,18-19H,2-3,6-7,9-14H2,1H3,(H,22,25)/t15-,16+,18+,19+/m1/s1. The Balaban J connectivity index is 1.47. The molecular formula is C21H31N3O4. The minimum absolute atomic E-state index is 0.0685. The molecule has 0 spiro atoms. The summed E-state index contributed by atoms with van der Waals surface area (Å²) in [6.45, 7) is 5.74. The molecule has 1 aromatic rings. The van der Waals surface area contributed by atoms with E-state index < -0.39 is 0 Å². The van der Waals surface area contributed by atoms with Crippen molar-refractivity contribution in [1.29, 1.82) is 0 Å². The fraction of sp³-hybridized carbons (Fsp3) is 0.714. The molecule has 3 aliphatic rings. The predicted octanol–water partition coefficient (Wildman–Crippen LogP) is 1.63. The highest BCUT2D eigenvalue weighted by molar-refractivity contribution is 5.79. The van der Waals surface area contributed by atoms with Crippen LogP contribution in [0.1, 0.15) is 38.4 Å². The number of carbonyl (C=O) groups excluding carboxylic acids is 2. The van der Waals surface area contributed by atoms with Gasteiger partial charge in [0.25, 0.3) is 0 Å². The van der Waals surface area contributed by atoms with Gasteiger partial charge in [0.2, 0.25) is 11.8 Å². The Labute approximate surface area is 166 Å². The number of fused-ring (bicyclic) bond motifs is 4. The van der Waals surface area contributed by atoms with Crippen molar-refractivity contribution in [3.8, 4) is 0 Å². The van der Waals surface area contributed by atoms with Crippen LogP contribution in [0.15, 0.2) is 22.8 Å². The van der Waals surface area contributed by atoms with E-state index in [2.05, 4.69) is 15.1 Å².